The first kappa shape index (κ1) is 16.4. The van der Waals surface area contributed by atoms with Crippen molar-refractivity contribution < 1.29 is 9.90 Å². The van der Waals surface area contributed by atoms with Crippen molar-refractivity contribution >= 4 is 17.3 Å². The molecule has 0 radical (unpaired) electrons. The summed E-state index contributed by atoms with van der Waals surface area (Å²) in [5, 5.41) is 12.9. The minimum absolute atomic E-state index is 0.485. The summed E-state index contributed by atoms with van der Waals surface area (Å²) >= 11 is 1.74. The number of piperidine rings is 1. The molecule has 0 bridgehead atoms. The highest BCUT2D eigenvalue weighted by Gasteiger charge is 2.40. The molecule has 1 aromatic rings. The van der Waals surface area contributed by atoms with Crippen molar-refractivity contribution in [1.29, 1.82) is 0 Å². The number of carboxylic acid groups (broad SMARTS) is 1. The van der Waals surface area contributed by atoms with Crippen LogP contribution in [0, 0.1) is 5.41 Å². The molecule has 0 amide bonds. The average molecular weight is 310 g/mol. The van der Waals surface area contributed by atoms with Gasteiger partial charge >= 0.3 is 5.97 Å². The SMILES string of the molecule is CCCc1nc(CN2CCC(CCC)(C(=O)O)CC2)cs1. The fourth-order valence-corrected chi connectivity index (χ4v) is 4.06. The minimum Gasteiger partial charge on any atom is -0.481 e. The van der Waals surface area contributed by atoms with E-state index in [1.54, 1.807) is 11.3 Å². The van der Waals surface area contributed by atoms with Gasteiger partial charge in [0.05, 0.1) is 16.1 Å². The van der Waals surface area contributed by atoms with E-state index in [1.807, 2.05) is 0 Å². The van der Waals surface area contributed by atoms with Crippen molar-refractivity contribution in [3.8, 4) is 0 Å². The van der Waals surface area contributed by atoms with Crippen molar-refractivity contribution in [1.82, 2.24) is 9.88 Å². The first-order chi connectivity index (χ1) is 10.1. The molecular weight excluding hydrogens is 284 g/mol. The lowest BCUT2D eigenvalue weighted by molar-refractivity contribution is -0.152. The van der Waals surface area contributed by atoms with Crippen molar-refractivity contribution in [3.63, 3.8) is 0 Å². The smallest absolute Gasteiger partial charge is 0.309 e. The van der Waals surface area contributed by atoms with Crippen molar-refractivity contribution in [2.75, 3.05) is 13.1 Å². The Morgan fingerprint density at radius 2 is 2.10 bits per heavy atom. The predicted molar refractivity (Wildman–Crippen MR) is 85.6 cm³/mol. The van der Waals surface area contributed by atoms with E-state index in [9.17, 15) is 9.90 Å². The Hall–Kier alpha value is -0.940. The number of carbonyl (C=O) groups is 1. The maximum absolute atomic E-state index is 11.6. The number of thiazole rings is 1. The first-order valence-electron chi connectivity index (χ1n) is 7.98. The number of hydrogen-bond acceptors (Lipinski definition) is 4. The fraction of sp³-hybridized carbons (Fsp3) is 0.750. The van der Waals surface area contributed by atoms with Gasteiger partial charge in [-0.15, -0.1) is 11.3 Å². The molecule has 1 aromatic heterocycles. The van der Waals surface area contributed by atoms with Crippen LogP contribution in [0.15, 0.2) is 5.38 Å². The summed E-state index contributed by atoms with van der Waals surface area (Å²) in [6.07, 6.45) is 5.47. The molecule has 2 rings (SSSR count). The van der Waals surface area contributed by atoms with Crippen LogP contribution >= 0.6 is 11.3 Å². The maximum Gasteiger partial charge on any atom is 0.309 e. The van der Waals surface area contributed by atoms with Gasteiger partial charge in [0.15, 0.2) is 0 Å². The first-order valence-corrected chi connectivity index (χ1v) is 8.86. The van der Waals surface area contributed by atoms with Crippen LogP contribution < -0.4 is 0 Å². The maximum atomic E-state index is 11.6. The monoisotopic (exact) mass is 310 g/mol. The van der Waals surface area contributed by atoms with Gasteiger partial charge in [-0.3, -0.25) is 9.69 Å². The summed E-state index contributed by atoms with van der Waals surface area (Å²) < 4.78 is 0. The molecule has 1 aliphatic rings. The fourth-order valence-electron chi connectivity index (χ4n) is 3.17. The summed E-state index contributed by atoms with van der Waals surface area (Å²) in [6.45, 7) is 6.84. The van der Waals surface area contributed by atoms with Gasteiger partial charge in [0.1, 0.15) is 0 Å². The molecular formula is C16H26N2O2S. The Balaban J connectivity index is 1.89. The van der Waals surface area contributed by atoms with Gasteiger partial charge in [0.2, 0.25) is 0 Å². The van der Waals surface area contributed by atoms with E-state index >= 15 is 0 Å². The molecule has 5 heteroatoms. The Bertz CT molecular complexity index is 465. The molecule has 0 aromatic carbocycles. The number of aliphatic carboxylic acids is 1. The van der Waals surface area contributed by atoms with Gasteiger partial charge in [-0.25, -0.2) is 4.98 Å². The van der Waals surface area contributed by atoms with Gasteiger partial charge in [-0.05, 0) is 45.2 Å². The largest absolute Gasteiger partial charge is 0.481 e. The number of nitrogens with zero attached hydrogens (tertiary/aromatic N) is 2. The third-order valence-corrected chi connectivity index (χ3v) is 5.40. The van der Waals surface area contributed by atoms with Crippen molar-refractivity contribution in [3.05, 3.63) is 16.1 Å². The Labute approximate surface area is 131 Å². The minimum atomic E-state index is -0.608. The van der Waals surface area contributed by atoms with Crippen LogP contribution in [0.5, 0.6) is 0 Å². The highest BCUT2D eigenvalue weighted by molar-refractivity contribution is 7.09. The summed E-state index contributed by atoms with van der Waals surface area (Å²) in [5.41, 5.74) is 0.655. The van der Waals surface area contributed by atoms with Crippen LogP contribution in [-0.2, 0) is 17.8 Å². The van der Waals surface area contributed by atoms with Crippen LogP contribution in [0.1, 0.15) is 56.7 Å². The molecule has 1 N–H and O–H groups in total. The molecule has 1 fully saturated rings. The molecule has 1 saturated heterocycles. The molecule has 21 heavy (non-hydrogen) atoms. The Kier molecular flexibility index (Phi) is 5.76. The highest BCUT2D eigenvalue weighted by Crippen LogP contribution is 2.36. The number of hydrogen-bond donors (Lipinski definition) is 1. The number of carboxylic acids is 1. The molecule has 0 aliphatic carbocycles. The van der Waals surface area contributed by atoms with Crippen molar-refractivity contribution in [2.24, 2.45) is 5.41 Å². The highest BCUT2D eigenvalue weighted by atomic mass is 32.1. The van der Waals surface area contributed by atoms with Gasteiger partial charge in [-0.2, -0.15) is 0 Å². The van der Waals surface area contributed by atoms with E-state index in [-0.39, 0.29) is 0 Å². The lowest BCUT2D eigenvalue weighted by Gasteiger charge is -2.38. The molecule has 0 spiro atoms. The average Bonchev–Trinajstić information content (AvgIpc) is 2.89. The lowest BCUT2D eigenvalue weighted by Crippen LogP contribution is -2.44. The number of aryl methyl sites for hydroxylation is 1. The number of likely N-dealkylation sites (tertiary alicyclic amines) is 1. The molecule has 0 atom stereocenters. The Morgan fingerprint density at radius 3 is 2.67 bits per heavy atom. The molecule has 0 unspecified atom stereocenters. The van der Waals surface area contributed by atoms with Gasteiger partial charge in [0.25, 0.3) is 0 Å². The molecule has 4 nitrogen and oxygen atoms in total. The zero-order valence-electron chi connectivity index (χ0n) is 13.1. The zero-order chi connectivity index (χ0) is 15.3. The molecule has 1 aliphatic heterocycles. The Morgan fingerprint density at radius 1 is 1.38 bits per heavy atom. The lowest BCUT2D eigenvalue weighted by atomic mass is 9.75. The predicted octanol–water partition coefficient (Wildman–Crippen LogP) is 3.56. The van der Waals surface area contributed by atoms with Crippen LogP contribution in [0.2, 0.25) is 0 Å². The van der Waals surface area contributed by atoms with Crippen LogP contribution in [0.25, 0.3) is 0 Å². The quantitative estimate of drug-likeness (QED) is 0.836. The summed E-state index contributed by atoms with van der Waals surface area (Å²) in [4.78, 5) is 18.6. The molecule has 118 valence electrons. The van der Waals surface area contributed by atoms with Crippen LogP contribution in [-0.4, -0.2) is 34.0 Å². The van der Waals surface area contributed by atoms with Gasteiger partial charge < -0.3 is 5.11 Å². The second kappa shape index (κ2) is 7.36. The van der Waals surface area contributed by atoms with Crippen LogP contribution in [0.4, 0.5) is 0 Å². The van der Waals surface area contributed by atoms with Gasteiger partial charge in [0, 0.05) is 11.9 Å². The molecule has 2 heterocycles. The van der Waals surface area contributed by atoms with E-state index in [4.69, 9.17) is 0 Å². The van der Waals surface area contributed by atoms with Gasteiger partial charge in [-0.1, -0.05) is 20.3 Å². The zero-order valence-corrected chi connectivity index (χ0v) is 13.9. The number of rotatable bonds is 7. The van der Waals surface area contributed by atoms with E-state index in [2.05, 4.69) is 29.1 Å². The second-order valence-electron chi connectivity index (χ2n) is 6.09. The normalized spacial score (nSPS) is 18.8. The van der Waals surface area contributed by atoms with Crippen LogP contribution in [0.3, 0.4) is 0 Å². The standard InChI is InChI=1S/C16H26N2O2S/c1-3-5-14-17-13(12-21-14)11-18-9-7-16(6-4-2,8-10-18)15(19)20/h12H,3-11H2,1-2H3,(H,19,20). The summed E-state index contributed by atoms with van der Waals surface area (Å²) in [7, 11) is 0. The van der Waals surface area contributed by atoms with Crippen molar-refractivity contribution in [2.45, 2.75) is 58.9 Å². The summed E-state index contributed by atoms with van der Waals surface area (Å²) in [5.74, 6) is -0.608. The molecule has 0 saturated carbocycles. The second-order valence-corrected chi connectivity index (χ2v) is 7.04. The third kappa shape index (κ3) is 4.04. The number of aromatic nitrogens is 1. The third-order valence-electron chi connectivity index (χ3n) is 4.44. The van der Waals surface area contributed by atoms with E-state index in [0.29, 0.717) is 0 Å². The van der Waals surface area contributed by atoms with E-state index in [1.165, 1.54) is 5.01 Å². The van der Waals surface area contributed by atoms with E-state index in [0.717, 1.165) is 63.9 Å². The van der Waals surface area contributed by atoms with E-state index < -0.39 is 11.4 Å². The topological polar surface area (TPSA) is 53.4 Å². The summed E-state index contributed by atoms with van der Waals surface area (Å²) in [6, 6.07) is 0.